The lowest BCUT2D eigenvalue weighted by Gasteiger charge is -1.99. The van der Waals surface area contributed by atoms with Crippen LogP contribution in [0.2, 0.25) is 0 Å². The quantitative estimate of drug-likeness (QED) is 0.0495. The minimum Gasteiger partial charge on any atom is -0.478 e. The van der Waals surface area contributed by atoms with E-state index >= 15 is 0 Å². The molecule has 6 aromatic carbocycles. The molecular formula is C61H73N12O8P2+. The van der Waals surface area contributed by atoms with E-state index in [1.807, 2.05) is 90.1 Å². The Labute approximate surface area is 486 Å². The Hall–Kier alpha value is -9.82. The van der Waals surface area contributed by atoms with Gasteiger partial charge in [0.2, 0.25) is 0 Å². The molecule has 6 aromatic heterocycles. The van der Waals surface area contributed by atoms with Crippen molar-refractivity contribution in [2.45, 2.75) is 50.5 Å². The van der Waals surface area contributed by atoms with Gasteiger partial charge in [-0.3, -0.25) is 24.2 Å². The van der Waals surface area contributed by atoms with E-state index in [0.717, 1.165) is 49.7 Å². The molecule has 6 heterocycles. The normalized spacial score (nSPS) is 9.98. The number of para-hydroxylation sites is 4. The third-order valence-electron chi connectivity index (χ3n) is 12.6. The van der Waals surface area contributed by atoms with Crippen LogP contribution in [0.5, 0.6) is 0 Å². The highest BCUT2D eigenvalue weighted by Gasteiger charge is 2.25. The van der Waals surface area contributed by atoms with Gasteiger partial charge in [0.25, 0.3) is 11.8 Å². The monoisotopic (exact) mass is 1160 g/mol. The summed E-state index contributed by atoms with van der Waals surface area (Å²) in [5.74, 6) is -1.97. The lowest BCUT2D eigenvalue weighted by molar-refractivity contribution is -0.979. The first-order valence-corrected chi connectivity index (χ1v) is 25.2. The van der Waals surface area contributed by atoms with Crippen LogP contribution in [0.3, 0.4) is 0 Å². The van der Waals surface area contributed by atoms with Crippen molar-refractivity contribution in [2.24, 2.45) is 14.1 Å². The number of nitrogens with zero attached hydrogens (tertiary/aromatic N) is 9. The number of rotatable bonds is 4. The fraction of sp³-hybridized carbons (Fsp3) is 0.180. The number of fused-ring (bicyclic) bond motifs is 6. The Morgan fingerprint density at radius 3 is 1.57 bits per heavy atom. The van der Waals surface area contributed by atoms with Crippen molar-refractivity contribution in [1.82, 2.24) is 48.7 Å². The van der Waals surface area contributed by atoms with Crippen LogP contribution in [0.4, 0.5) is 0 Å². The van der Waals surface area contributed by atoms with Crippen molar-refractivity contribution in [2.75, 3.05) is 14.1 Å². The zero-order valence-corrected chi connectivity index (χ0v) is 46.3. The lowest BCUT2D eigenvalue weighted by Crippen LogP contribution is -2.41. The molecule has 12 rings (SSSR count). The maximum absolute atomic E-state index is 11.6. The average Bonchev–Trinajstić information content (AvgIpc) is 4.47. The number of carbonyl (C=O) groups is 4. The summed E-state index contributed by atoms with van der Waals surface area (Å²) in [6.45, 7) is 5.81. The molecule has 0 saturated heterocycles. The van der Waals surface area contributed by atoms with Gasteiger partial charge in [-0.05, 0) is 88.1 Å². The van der Waals surface area contributed by atoms with Crippen LogP contribution in [-0.4, -0.2) is 96.5 Å². The molecule has 83 heavy (non-hydrogen) atoms. The van der Waals surface area contributed by atoms with Crippen molar-refractivity contribution in [3.05, 3.63) is 197 Å². The van der Waals surface area contributed by atoms with Crippen LogP contribution in [0, 0.1) is 32.1 Å². The van der Waals surface area contributed by atoms with Gasteiger partial charge in [-0.25, -0.2) is 9.59 Å². The Morgan fingerprint density at radius 2 is 1.04 bits per heavy atom. The largest absolute Gasteiger partial charge is 0.478 e. The van der Waals surface area contributed by atoms with E-state index in [9.17, 15) is 29.6 Å². The predicted molar refractivity (Wildman–Crippen MR) is 337 cm³/mol. The van der Waals surface area contributed by atoms with Gasteiger partial charge in [0, 0.05) is 77.7 Å². The second-order valence-electron chi connectivity index (χ2n) is 17.5. The molecule has 12 aromatic rings. The van der Waals surface area contributed by atoms with Gasteiger partial charge < -0.3 is 39.7 Å². The van der Waals surface area contributed by atoms with Crippen molar-refractivity contribution < 1.29 is 44.7 Å². The molecule has 2 atom stereocenters. The van der Waals surface area contributed by atoms with E-state index in [0.29, 0.717) is 42.8 Å². The van der Waals surface area contributed by atoms with E-state index in [1.54, 1.807) is 88.3 Å². The Bertz CT molecular complexity index is 4180. The second kappa shape index (κ2) is 29.6. The highest BCUT2D eigenvalue weighted by molar-refractivity contribution is 7.15. The van der Waals surface area contributed by atoms with E-state index in [4.69, 9.17) is 15.5 Å². The van der Waals surface area contributed by atoms with E-state index in [2.05, 4.69) is 86.2 Å². The molecule has 0 aliphatic heterocycles. The molecular weight excluding hydrogens is 1090 g/mol. The minimum absolute atomic E-state index is 0. The first kappa shape index (κ1) is 67.5. The van der Waals surface area contributed by atoms with Gasteiger partial charge in [-0.2, -0.15) is 15.5 Å². The molecule has 2 unspecified atom stereocenters. The van der Waals surface area contributed by atoms with Gasteiger partial charge in [-0.1, -0.05) is 133 Å². The van der Waals surface area contributed by atoms with Gasteiger partial charge in [-0.15, -0.1) is 0 Å². The average molecular weight is 1160 g/mol. The molecule has 0 bridgehead atoms. The van der Waals surface area contributed by atoms with Gasteiger partial charge >= 0.3 is 17.6 Å². The number of benzene rings is 6. The second-order valence-corrected chi connectivity index (χ2v) is 18.6. The molecule has 434 valence electrons. The van der Waals surface area contributed by atoms with E-state index < -0.39 is 11.9 Å². The van der Waals surface area contributed by atoms with Crippen LogP contribution in [0.1, 0.15) is 94.2 Å². The molecule has 0 saturated carbocycles. The highest BCUT2D eigenvalue weighted by atomic mass is 31.0. The third kappa shape index (κ3) is 14.2. The Kier molecular flexibility index (Phi) is 24.0. The first-order chi connectivity index (χ1) is 37.8. The fourth-order valence-electron chi connectivity index (χ4n) is 8.86. The molecule has 0 aliphatic carbocycles. The molecule has 0 radical (unpaired) electrons. The minimum atomic E-state index is -0.948. The summed E-state index contributed by atoms with van der Waals surface area (Å²) in [6.07, 6.45) is 0. The number of aromatic carboxylic acids is 2. The molecule has 0 spiro atoms. The summed E-state index contributed by atoms with van der Waals surface area (Å²) in [6, 6.07) is 49.1. The summed E-state index contributed by atoms with van der Waals surface area (Å²) < 4.78 is 6.92. The number of aromatic amines is 1. The maximum atomic E-state index is 11.6. The van der Waals surface area contributed by atoms with Crippen molar-refractivity contribution in [3.63, 3.8) is 0 Å². The zero-order chi connectivity index (χ0) is 57.2. The number of aryl methyl sites for hydroxylation is 4. The summed E-state index contributed by atoms with van der Waals surface area (Å²) in [7, 11) is 11.9. The number of H-pyrrole nitrogens is 1. The van der Waals surface area contributed by atoms with E-state index in [-0.39, 0.29) is 52.9 Å². The number of carboxylic acids is 2. The topological polar surface area (TPSA) is 267 Å². The zero-order valence-electron chi connectivity index (χ0n) is 44.0. The van der Waals surface area contributed by atoms with Gasteiger partial charge in [0.05, 0.1) is 43.4 Å². The van der Waals surface area contributed by atoms with Crippen LogP contribution >= 0.6 is 18.8 Å². The molecule has 7 N–H and O–H groups in total. The molecule has 20 nitrogen and oxygen atoms in total. The Balaban J connectivity index is 0.000000259. The lowest BCUT2D eigenvalue weighted by atomic mass is 10.1. The number of carboxylic acid groups (broad SMARTS) is 2. The van der Waals surface area contributed by atoms with Crippen LogP contribution in [-0.2, 0) is 14.1 Å². The number of aromatic nitrogens is 9. The highest BCUT2D eigenvalue weighted by Crippen LogP contribution is 2.28. The SMILES string of the molecule is C.C.C.C.CNC(=O)c1c(C)[nH]c2ccccc12.CNC(=O)c1c2ccccc2nn1C.Cc1c(C(=O)O)c2ccccc2n1P.Cc1cc2ccccc2n1P.Cn1nc2ccccc2c1C(=O)O.N#Cc1c2ccccc2n(O)[n+]1O. The number of hydrogen-bond acceptors (Lipinski definition) is 9. The summed E-state index contributed by atoms with van der Waals surface area (Å²) in [4.78, 5) is 49.1. The number of nitrogens with one attached hydrogen (secondary N) is 3. The predicted octanol–water partition coefficient (Wildman–Crippen LogP) is 11.7. The van der Waals surface area contributed by atoms with Gasteiger partial charge in [0.1, 0.15) is 5.69 Å². The summed E-state index contributed by atoms with van der Waals surface area (Å²) in [5, 5.41) is 63.8. The number of amides is 2. The molecule has 2 amide bonds. The van der Waals surface area contributed by atoms with Gasteiger partial charge in [0.15, 0.2) is 22.1 Å². The molecule has 0 fully saturated rings. The van der Waals surface area contributed by atoms with Crippen molar-refractivity contribution in [3.8, 4) is 6.07 Å². The van der Waals surface area contributed by atoms with Crippen molar-refractivity contribution >= 4 is 108 Å². The van der Waals surface area contributed by atoms with Crippen LogP contribution < -0.4 is 15.5 Å². The van der Waals surface area contributed by atoms with E-state index in [1.165, 1.54) is 21.3 Å². The van der Waals surface area contributed by atoms with Crippen LogP contribution in [0.25, 0.3) is 65.4 Å². The maximum Gasteiger partial charge on any atom is 0.376 e. The molecule has 22 heteroatoms. The summed E-state index contributed by atoms with van der Waals surface area (Å²) in [5.41, 5.74) is 10.0. The number of carbonyl (C=O) groups excluding carboxylic acids is 2. The van der Waals surface area contributed by atoms with Crippen LogP contribution in [0.15, 0.2) is 152 Å². The first-order valence-electron chi connectivity index (χ1n) is 24.2. The smallest absolute Gasteiger partial charge is 0.376 e. The van der Waals surface area contributed by atoms with Crippen molar-refractivity contribution in [1.29, 1.82) is 5.26 Å². The standard InChI is InChI=1S/C11H12N2O.C10H11N3O.C10H10NO2P.C9H8N2O2.C9H10NP.C8H6N3O2.4CH4/c1-7-10(11(14)12-2)8-5-3-4-6-9(8)13-7;1-11-10(14)9-7-5-3-4-6-8(7)12-13(9)2;1-6-9(10(12)13)7-4-2-3-5-8(7)11(6)14;1-11-8(9(12)13)6-4-2-3-5-7(6)10-11;1-7-6-8-4-2-3-5-9(8)10(7)11;9-5-8-6-3-1-2-4-7(6)10(12)11(8)13;;;;/h3-6,13H,1-2H3,(H,12,14);3-6H,1-2H3,(H,11,14);2-5H,14H2,1H3,(H,12,13);2-5H,1H3,(H,12,13);2-6H,11H2,1H3;1-4,12-13H;4*1H4/q;;;;;+1;;;;. The Morgan fingerprint density at radius 1 is 0.578 bits per heavy atom. The fourth-order valence-corrected chi connectivity index (χ4v) is 9.53. The third-order valence-corrected chi connectivity index (χ3v) is 14.0. The number of hydrogen-bond donors (Lipinski definition) is 7. The summed E-state index contributed by atoms with van der Waals surface area (Å²) >= 11 is 0. The molecule has 0 aliphatic rings. The number of nitriles is 1.